The highest BCUT2D eigenvalue weighted by molar-refractivity contribution is 5.98. The van der Waals surface area contributed by atoms with Gasteiger partial charge >= 0.3 is 0 Å². The van der Waals surface area contributed by atoms with Crippen LogP contribution in [0.15, 0.2) is 60.7 Å². The van der Waals surface area contributed by atoms with Crippen molar-refractivity contribution in [3.8, 4) is 0 Å². The molecule has 0 atom stereocenters. The van der Waals surface area contributed by atoms with E-state index in [2.05, 4.69) is 16.7 Å². The summed E-state index contributed by atoms with van der Waals surface area (Å²) < 4.78 is 0. The maximum atomic E-state index is 11.3. The minimum atomic E-state index is -0.375. The lowest BCUT2D eigenvalue weighted by atomic mass is 9.98. The van der Waals surface area contributed by atoms with Crippen LogP contribution in [0.25, 0.3) is 0 Å². The Morgan fingerprint density at radius 2 is 1.07 bits per heavy atom. The number of fused-ring (bicyclic) bond motifs is 2. The average Bonchev–Trinajstić information content (AvgIpc) is 3.32. The van der Waals surface area contributed by atoms with Crippen LogP contribution in [0, 0.1) is 20.8 Å². The summed E-state index contributed by atoms with van der Waals surface area (Å²) in [7, 11) is 0. The number of carbonyl (C=O) groups is 3. The lowest BCUT2D eigenvalue weighted by Crippen LogP contribution is -2.31. The zero-order chi connectivity index (χ0) is 30.0. The summed E-state index contributed by atoms with van der Waals surface area (Å²) in [5, 5.41) is 5.59. The molecule has 4 N–H and O–H groups in total. The van der Waals surface area contributed by atoms with E-state index in [0.29, 0.717) is 12.1 Å². The summed E-state index contributed by atoms with van der Waals surface area (Å²) in [6, 6.07) is 19.0. The van der Waals surface area contributed by atoms with E-state index in [1.807, 2.05) is 105 Å². The van der Waals surface area contributed by atoms with Crippen LogP contribution in [-0.4, -0.2) is 24.3 Å². The van der Waals surface area contributed by atoms with Crippen molar-refractivity contribution >= 4 is 17.7 Å². The van der Waals surface area contributed by atoms with Gasteiger partial charge in [0.25, 0.3) is 11.8 Å². The Morgan fingerprint density at radius 3 is 1.57 bits per heavy atom. The number of primary amides is 1. The second-order valence-corrected chi connectivity index (χ2v) is 8.24. The molecule has 3 aromatic rings. The molecule has 0 saturated heterocycles. The Bertz CT molecular complexity index is 1190. The van der Waals surface area contributed by atoms with Crippen molar-refractivity contribution in [2.75, 3.05) is 6.54 Å². The molecule has 2 aliphatic heterocycles. The van der Waals surface area contributed by atoms with Crippen LogP contribution in [0.2, 0.25) is 0 Å². The van der Waals surface area contributed by atoms with Crippen LogP contribution in [0.3, 0.4) is 0 Å². The van der Waals surface area contributed by atoms with Crippen LogP contribution in [0.5, 0.6) is 0 Å². The number of amides is 3. The molecule has 0 aliphatic carbocycles. The summed E-state index contributed by atoms with van der Waals surface area (Å²) in [5.41, 5.74) is 13.1. The molecule has 0 aromatic heterocycles. The molecule has 220 valence electrons. The number of carbonyl (C=O) groups excluding carboxylic acids is 3. The predicted octanol–water partition coefficient (Wildman–Crippen LogP) is 7.33. The van der Waals surface area contributed by atoms with Crippen LogP contribution in [0.4, 0.5) is 0 Å². The molecule has 0 spiro atoms. The standard InChI is InChI=1S/C10H11NO.C9H9NO.C8H9NO.3C2H6.CH4/c1-7-2-3-9-8(6-7)4-5-11-10(9)12;1-6-2-3-8-7(4-6)5-10-9(8)11;1-6-2-4-7(5-3-6)8(9)10;3*1-2;/h2-3,6H,4-5H2,1H3,(H,11,12);2-4H,5H2,1H3,(H,10,11);2-5H,1H3,(H2,9,10);3*1-2H3;1H4. The third kappa shape index (κ3) is 12.3. The van der Waals surface area contributed by atoms with Gasteiger partial charge in [-0.25, -0.2) is 0 Å². The van der Waals surface area contributed by atoms with E-state index in [4.69, 9.17) is 5.73 Å². The monoisotopic (exact) mass is 549 g/mol. The largest absolute Gasteiger partial charge is 0.366 e. The van der Waals surface area contributed by atoms with E-state index < -0.39 is 0 Å². The van der Waals surface area contributed by atoms with E-state index in [-0.39, 0.29) is 25.1 Å². The summed E-state index contributed by atoms with van der Waals surface area (Å²) in [5.74, 6) is -0.253. The van der Waals surface area contributed by atoms with Crippen molar-refractivity contribution in [3.05, 3.63) is 105 Å². The number of nitrogens with one attached hydrogen (secondary N) is 2. The minimum absolute atomic E-state index is 0. The van der Waals surface area contributed by atoms with Gasteiger partial charge in [-0.15, -0.1) is 0 Å². The van der Waals surface area contributed by atoms with Gasteiger partial charge in [0.1, 0.15) is 0 Å². The SMILES string of the molecule is C.CC.CC.CC.Cc1ccc(C(N)=O)cc1.Cc1ccc2c(c1)CCNC2=O.Cc1ccc2c(c1)CNC2=O. The first-order valence-corrected chi connectivity index (χ1v) is 13.9. The quantitative estimate of drug-likeness (QED) is 0.296. The lowest BCUT2D eigenvalue weighted by molar-refractivity contribution is 0.0942. The molecular weight excluding hydrogens is 498 g/mol. The van der Waals surface area contributed by atoms with Gasteiger partial charge in [0.15, 0.2) is 0 Å². The maximum absolute atomic E-state index is 11.3. The average molecular weight is 550 g/mol. The third-order valence-electron chi connectivity index (χ3n) is 5.47. The highest BCUT2D eigenvalue weighted by Crippen LogP contribution is 2.16. The number of nitrogens with two attached hydrogens (primary N) is 1. The van der Waals surface area contributed by atoms with Crippen LogP contribution >= 0.6 is 0 Å². The topological polar surface area (TPSA) is 101 Å². The maximum Gasteiger partial charge on any atom is 0.251 e. The fraction of sp³-hybridized carbons (Fsp3) is 0.382. The van der Waals surface area contributed by atoms with Crippen molar-refractivity contribution in [1.29, 1.82) is 0 Å². The summed E-state index contributed by atoms with van der Waals surface area (Å²) in [4.78, 5) is 32.9. The smallest absolute Gasteiger partial charge is 0.251 e. The van der Waals surface area contributed by atoms with Crippen molar-refractivity contribution in [3.63, 3.8) is 0 Å². The molecule has 0 bridgehead atoms. The van der Waals surface area contributed by atoms with Crippen molar-refractivity contribution < 1.29 is 14.4 Å². The van der Waals surface area contributed by atoms with E-state index in [1.54, 1.807) is 12.1 Å². The zero-order valence-electron chi connectivity index (χ0n) is 25.2. The molecule has 5 rings (SSSR count). The van der Waals surface area contributed by atoms with Gasteiger partial charge in [-0.3, -0.25) is 14.4 Å². The van der Waals surface area contributed by atoms with Crippen molar-refractivity contribution in [2.45, 2.75) is 82.7 Å². The van der Waals surface area contributed by atoms with Gasteiger partial charge < -0.3 is 16.4 Å². The van der Waals surface area contributed by atoms with Crippen molar-refractivity contribution in [1.82, 2.24) is 10.6 Å². The van der Waals surface area contributed by atoms with E-state index in [9.17, 15) is 14.4 Å². The van der Waals surface area contributed by atoms with Crippen LogP contribution in [-0.2, 0) is 13.0 Å². The van der Waals surface area contributed by atoms with Gasteiger partial charge in [0.05, 0.1) is 0 Å². The molecule has 0 unspecified atom stereocenters. The number of aryl methyl sites for hydroxylation is 3. The zero-order valence-corrected chi connectivity index (χ0v) is 25.2. The van der Waals surface area contributed by atoms with Gasteiger partial charge in [-0.1, -0.05) is 102 Å². The first kappa shape index (κ1) is 38.2. The van der Waals surface area contributed by atoms with Gasteiger partial charge in [0, 0.05) is 29.8 Å². The predicted molar refractivity (Wildman–Crippen MR) is 170 cm³/mol. The van der Waals surface area contributed by atoms with Gasteiger partial charge in [0.2, 0.25) is 5.91 Å². The molecule has 2 aliphatic rings. The normalized spacial score (nSPS) is 11.3. The number of benzene rings is 3. The second kappa shape index (κ2) is 21.0. The summed E-state index contributed by atoms with van der Waals surface area (Å²) in [6.45, 7) is 19.5. The summed E-state index contributed by atoms with van der Waals surface area (Å²) >= 11 is 0. The molecule has 40 heavy (non-hydrogen) atoms. The number of rotatable bonds is 1. The fourth-order valence-corrected chi connectivity index (χ4v) is 3.64. The van der Waals surface area contributed by atoms with Gasteiger partial charge in [-0.05, 0) is 62.6 Å². The van der Waals surface area contributed by atoms with E-state index in [1.165, 1.54) is 16.7 Å². The summed E-state index contributed by atoms with van der Waals surface area (Å²) in [6.07, 6.45) is 0.961. The molecule has 6 nitrogen and oxygen atoms in total. The Hall–Kier alpha value is -3.93. The molecule has 3 aromatic carbocycles. The number of hydrogen-bond acceptors (Lipinski definition) is 3. The Kier molecular flexibility index (Phi) is 20.0. The molecule has 0 radical (unpaired) electrons. The molecule has 0 saturated carbocycles. The first-order valence-electron chi connectivity index (χ1n) is 13.9. The Labute approximate surface area is 242 Å². The minimum Gasteiger partial charge on any atom is -0.366 e. The van der Waals surface area contributed by atoms with E-state index in [0.717, 1.165) is 35.2 Å². The number of hydrogen-bond donors (Lipinski definition) is 3. The third-order valence-corrected chi connectivity index (χ3v) is 5.47. The van der Waals surface area contributed by atoms with Gasteiger partial charge in [-0.2, -0.15) is 0 Å². The lowest BCUT2D eigenvalue weighted by Gasteiger charge is -2.16. The van der Waals surface area contributed by atoms with Crippen molar-refractivity contribution in [2.24, 2.45) is 5.73 Å². The highest BCUT2D eigenvalue weighted by atomic mass is 16.2. The molecule has 3 amide bonds. The van der Waals surface area contributed by atoms with Crippen LogP contribution in [0.1, 0.15) is 108 Å². The molecule has 0 fully saturated rings. The second-order valence-electron chi connectivity index (χ2n) is 8.24. The highest BCUT2D eigenvalue weighted by Gasteiger charge is 2.17. The van der Waals surface area contributed by atoms with E-state index >= 15 is 0 Å². The van der Waals surface area contributed by atoms with Crippen LogP contribution < -0.4 is 16.4 Å². The fourth-order valence-electron chi connectivity index (χ4n) is 3.64. The molecule has 2 heterocycles. The molecule has 6 heteroatoms. The molecular formula is C34H51N3O3. The Balaban J connectivity index is 0. The first-order chi connectivity index (χ1) is 18.7. The Morgan fingerprint density at radius 1 is 0.650 bits per heavy atom.